The molecule has 1 heterocycles. The summed E-state index contributed by atoms with van der Waals surface area (Å²) in [5.74, 6) is 0. The summed E-state index contributed by atoms with van der Waals surface area (Å²) in [6, 6.07) is 5.48. The van der Waals surface area contributed by atoms with Gasteiger partial charge in [-0.1, -0.05) is 17.7 Å². The average molecular weight is 194 g/mol. The fourth-order valence-electron chi connectivity index (χ4n) is 1.13. The third-order valence-electron chi connectivity index (χ3n) is 1.81. The number of H-pyrrole nitrogens is 1. The van der Waals surface area contributed by atoms with Gasteiger partial charge in [0.25, 0.3) is 0 Å². The highest BCUT2D eigenvalue weighted by molar-refractivity contribution is 6.33. The smallest absolute Gasteiger partial charge is 0.0924 e. The molecule has 0 fully saturated rings. The van der Waals surface area contributed by atoms with E-state index in [0.717, 1.165) is 11.3 Å². The second kappa shape index (κ2) is 3.11. The highest BCUT2D eigenvalue weighted by atomic mass is 35.5. The number of nitrogens with one attached hydrogen (secondary N) is 1. The van der Waals surface area contributed by atoms with Crippen molar-refractivity contribution in [1.29, 1.82) is 0 Å². The molecular formula is C9H8ClN3. The number of anilines is 1. The maximum Gasteiger partial charge on any atom is 0.0924 e. The van der Waals surface area contributed by atoms with Crippen LogP contribution in [0, 0.1) is 0 Å². The fourth-order valence-corrected chi connectivity index (χ4v) is 1.24. The van der Waals surface area contributed by atoms with Gasteiger partial charge in [0.05, 0.1) is 28.9 Å². The van der Waals surface area contributed by atoms with Gasteiger partial charge in [-0.3, -0.25) is 0 Å². The molecule has 66 valence electrons. The molecule has 2 aromatic rings. The Balaban J connectivity index is 2.49. The molecule has 3 nitrogen and oxygen atoms in total. The van der Waals surface area contributed by atoms with Gasteiger partial charge in [-0.25, -0.2) is 4.98 Å². The van der Waals surface area contributed by atoms with Crippen LogP contribution in [0.4, 0.5) is 5.69 Å². The molecule has 0 bridgehead atoms. The number of nitrogen functional groups attached to an aromatic ring is 1. The van der Waals surface area contributed by atoms with E-state index < -0.39 is 0 Å². The van der Waals surface area contributed by atoms with Crippen LogP contribution < -0.4 is 5.73 Å². The molecule has 13 heavy (non-hydrogen) atoms. The Bertz CT molecular complexity index is 409. The van der Waals surface area contributed by atoms with Crippen LogP contribution >= 0.6 is 11.6 Å². The molecule has 0 aliphatic rings. The lowest BCUT2D eigenvalue weighted by Crippen LogP contribution is -1.87. The van der Waals surface area contributed by atoms with Gasteiger partial charge in [-0.2, -0.15) is 0 Å². The van der Waals surface area contributed by atoms with E-state index in [-0.39, 0.29) is 0 Å². The van der Waals surface area contributed by atoms with Crippen molar-refractivity contribution in [3.05, 3.63) is 35.7 Å². The summed E-state index contributed by atoms with van der Waals surface area (Å²) in [6.45, 7) is 0. The Kier molecular flexibility index (Phi) is 1.94. The molecule has 0 saturated carbocycles. The maximum absolute atomic E-state index is 5.79. The average Bonchev–Trinajstić information content (AvgIpc) is 2.62. The number of benzene rings is 1. The molecule has 0 radical (unpaired) electrons. The van der Waals surface area contributed by atoms with Crippen LogP contribution in [0.2, 0.25) is 5.02 Å². The quantitative estimate of drug-likeness (QED) is 0.683. The maximum atomic E-state index is 5.79. The second-order valence-corrected chi connectivity index (χ2v) is 3.11. The lowest BCUT2D eigenvalue weighted by molar-refractivity contribution is 1.31. The molecule has 1 aromatic heterocycles. The number of halogens is 1. The van der Waals surface area contributed by atoms with Crippen LogP contribution in [0.5, 0.6) is 0 Å². The first-order chi connectivity index (χ1) is 6.27. The second-order valence-electron chi connectivity index (χ2n) is 2.70. The molecule has 0 atom stereocenters. The number of hydrogen-bond acceptors (Lipinski definition) is 2. The summed E-state index contributed by atoms with van der Waals surface area (Å²) in [7, 11) is 0. The van der Waals surface area contributed by atoms with Crippen LogP contribution in [0.15, 0.2) is 30.7 Å². The van der Waals surface area contributed by atoms with E-state index >= 15 is 0 Å². The van der Waals surface area contributed by atoms with Crippen molar-refractivity contribution in [3.63, 3.8) is 0 Å². The van der Waals surface area contributed by atoms with E-state index in [1.807, 2.05) is 12.1 Å². The lowest BCUT2D eigenvalue weighted by atomic mass is 10.1. The number of aromatic amines is 1. The number of hydrogen-bond donors (Lipinski definition) is 2. The summed E-state index contributed by atoms with van der Waals surface area (Å²) in [5, 5.41) is 0.572. The number of nitrogens with two attached hydrogens (primary N) is 1. The largest absolute Gasteiger partial charge is 0.398 e. The van der Waals surface area contributed by atoms with E-state index in [0.29, 0.717) is 10.7 Å². The lowest BCUT2D eigenvalue weighted by Gasteiger charge is -2.00. The van der Waals surface area contributed by atoms with Crippen LogP contribution in [0.3, 0.4) is 0 Å². The fraction of sp³-hybridized carbons (Fsp3) is 0. The number of rotatable bonds is 1. The molecular weight excluding hydrogens is 186 g/mol. The van der Waals surface area contributed by atoms with Crippen LogP contribution in [-0.4, -0.2) is 9.97 Å². The van der Waals surface area contributed by atoms with Gasteiger partial charge in [-0.05, 0) is 12.1 Å². The monoisotopic (exact) mass is 193 g/mol. The van der Waals surface area contributed by atoms with Crippen molar-refractivity contribution in [2.75, 3.05) is 5.73 Å². The molecule has 1 aromatic carbocycles. The van der Waals surface area contributed by atoms with E-state index in [4.69, 9.17) is 17.3 Å². The normalized spacial score (nSPS) is 10.2. The molecule has 3 N–H and O–H groups in total. The van der Waals surface area contributed by atoms with Gasteiger partial charge < -0.3 is 10.7 Å². The first-order valence-corrected chi connectivity index (χ1v) is 4.19. The van der Waals surface area contributed by atoms with Gasteiger partial charge in [0, 0.05) is 5.56 Å². The van der Waals surface area contributed by atoms with Gasteiger partial charge in [0.15, 0.2) is 0 Å². The minimum Gasteiger partial charge on any atom is -0.398 e. The van der Waals surface area contributed by atoms with Gasteiger partial charge in [0.2, 0.25) is 0 Å². The zero-order valence-electron chi connectivity index (χ0n) is 6.79. The summed E-state index contributed by atoms with van der Waals surface area (Å²) >= 11 is 5.79. The predicted octanol–water partition coefficient (Wildman–Crippen LogP) is 2.31. The molecule has 0 amide bonds. The molecule has 4 heteroatoms. The van der Waals surface area contributed by atoms with E-state index in [1.165, 1.54) is 0 Å². The molecule has 0 unspecified atom stereocenters. The van der Waals surface area contributed by atoms with E-state index in [2.05, 4.69) is 9.97 Å². The minimum atomic E-state index is 0.572. The van der Waals surface area contributed by atoms with Crippen molar-refractivity contribution in [2.24, 2.45) is 0 Å². The number of aromatic nitrogens is 2. The summed E-state index contributed by atoms with van der Waals surface area (Å²) < 4.78 is 0. The Hall–Kier alpha value is -1.48. The van der Waals surface area contributed by atoms with Crippen molar-refractivity contribution < 1.29 is 0 Å². The Morgan fingerprint density at radius 2 is 2.23 bits per heavy atom. The Labute approximate surface area is 80.6 Å². The summed E-state index contributed by atoms with van der Waals surface area (Å²) in [6.07, 6.45) is 3.36. The zero-order valence-corrected chi connectivity index (χ0v) is 7.55. The Morgan fingerprint density at radius 3 is 2.85 bits per heavy atom. The van der Waals surface area contributed by atoms with E-state index in [1.54, 1.807) is 18.6 Å². The predicted molar refractivity (Wildman–Crippen MR) is 53.4 cm³/mol. The Morgan fingerprint density at radius 1 is 1.38 bits per heavy atom. The van der Waals surface area contributed by atoms with Crippen LogP contribution in [-0.2, 0) is 0 Å². The topological polar surface area (TPSA) is 54.7 Å². The van der Waals surface area contributed by atoms with Gasteiger partial charge in [-0.15, -0.1) is 0 Å². The van der Waals surface area contributed by atoms with Crippen molar-refractivity contribution in [2.45, 2.75) is 0 Å². The molecule has 0 saturated heterocycles. The molecule has 0 aliphatic heterocycles. The summed E-state index contributed by atoms with van der Waals surface area (Å²) in [4.78, 5) is 6.91. The minimum absolute atomic E-state index is 0.572. The third-order valence-corrected chi connectivity index (χ3v) is 2.15. The van der Waals surface area contributed by atoms with E-state index in [9.17, 15) is 0 Å². The SMILES string of the molecule is Nc1cc(-c2cnc[nH]2)ccc1Cl. The van der Waals surface area contributed by atoms with Crippen LogP contribution in [0.25, 0.3) is 11.3 Å². The highest BCUT2D eigenvalue weighted by Gasteiger charge is 2.01. The standard InChI is InChI=1S/C9H8ClN3/c10-7-2-1-6(3-8(7)11)9-4-12-5-13-9/h1-5H,11H2,(H,12,13). The third kappa shape index (κ3) is 1.51. The van der Waals surface area contributed by atoms with Crippen LogP contribution in [0.1, 0.15) is 0 Å². The van der Waals surface area contributed by atoms with Crippen molar-refractivity contribution in [3.8, 4) is 11.3 Å². The first-order valence-electron chi connectivity index (χ1n) is 3.81. The van der Waals surface area contributed by atoms with Gasteiger partial charge in [0.1, 0.15) is 0 Å². The van der Waals surface area contributed by atoms with Gasteiger partial charge >= 0.3 is 0 Å². The van der Waals surface area contributed by atoms with Crippen molar-refractivity contribution in [1.82, 2.24) is 9.97 Å². The molecule has 0 aliphatic carbocycles. The zero-order chi connectivity index (χ0) is 9.26. The van der Waals surface area contributed by atoms with Crippen molar-refractivity contribution >= 4 is 17.3 Å². The first kappa shape index (κ1) is 8.13. The highest BCUT2D eigenvalue weighted by Crippen LogP contribution is 2.24. The summed E-state index contributed by atoms with van der Waals surface area (Å²) in [5.41, 5.74) is 8.16. The number of imidazole rings is 1. The molecule has 2 rings (SSSR count). The number of nitrogens with zero attached hydrogens (tertiary/aromatic N) is 1. The molecule has 0 spiro atoms.